The Hall–Kier alpha value is -2.64. The molecule has 0 aromatic heterocycles. The summed E-state index contributed by atoms with van der Waals surface area (Å²) in [4.78, 5) is 22.4. The zero-order valence-corrected chi connectivity index (χ0v) is 17.5. The number of benzene rings is 2. The molecule has 2 aromatic carbocycles. The van der Waals surface area contributed by atoms with Crippen molar-refractivity contribution >= 4 is 5.97 Å². The fourth-order valence-corrected chi connectivity index (χ4v) is 3.26. The van der Waals surface area contributed by atoms with Crippen molar-refractivity contribution in [3.05, 3.63) is 59.7 Å². The van der Waals surface area contributed by atoms with Crippen molar-refractivity contribution < 1.29 is 14.6 Å². The summed E-state index contributed by atoms with van der Waals surface area (Å²) in [6, 6.07) is 17.4. The van der Waals surface area contributed by atoms with Gasteiger partial charge in [-0.2, -0.15) is 10.1 Å². The molecule has 0 fully saturated rings. The SMILES string of the molecule is CCCCCCCCCOOC(=O)c1ccc(-c2ccccc2)c([C@H](C)C#N)c1. The zero-order chi connectivity index (χ0) is 20.9. The second-order valence-corrected chi connectivity index (χ2v) is 7.33. The minimum absolute atomic E-state index is 0.341. The van der Waals surface area contributed by atoms with E-state index >= 15 is 0 Å². The van der Waals surface area contributed by atoms with Crippen molar-refractivity contribution in [2.75, 3.05) is 6.61 Å². The minimum atomic E-state index is -0.529. The number of nitriles is 1. The van der Waals surface area contributed by atoms with Crippen LogP contribution in [0.4, 0.5) is 0 Å². The van der Waals surface area contributed by atoms with E-state index < -0.39 is 5.97 Å². The average molecular weight is 394 g/mol. The maximum absolute atomic E-state index is 12.3. The van der Waals surface area contributed by atoms with Crippen molar-refractivity contribution in [1.82, 2.24) is 0 Å². The van der Waals surface area contributed by atoms with Gasteiger partial charge < -0.3 is 0 Å². The third-order valence-electron chi connectivity index (χ3n) is 5.00. The first-order valence-electron chi connectivity index (χ1n) is 10.6. The highest BCUT2D eigenvalue weighted by atomic mass is 17.2. The van der Waals surface area contributed by atoms with E-state index in [1.54, 1.807) is 12.1 Å². The van der Waals surface area contributed by atoms with Gasteiger partial charge in [0.1, 0.15) is 0 Å². The van der Waals surface area contributed by atoms with E-state index in [0.717, 1.165) is 29.5 Å². The van der Waals surface area contributed by atoms with E-state index in [1.807, 2.05) is 43.3 Å². The minimum Gasteiger partial charge on any atom is -0.293 e. The topological polar surface area (TPSA) is 59.3 Å². The van der Waals surface area contributed by atoms with E-state index in [1.165, 1.54) is 32.1 Å². The molecular formula is C25H31NO3. The molecule has 0 radical (unpaired) electrons. The number of unbranched alkanes of at least 4 members (excludes halogenated alkanes) is 6. The molecule has 0 saturated heterocycles. The lowest BCUT2D eigenvalue weighted by molar-refractivity contribution is -0.241. The number of carbonyl (C=O) groups is 1. The molecule has 0 heterocycles. The van der Waals surface area contributed by atoms with E-state index in [4.69, 9.17) is 9.78 Å². The molecule has 0 amide bonds. The molecule has 0 N–H and O–H groups in total. The summed E-state index contributed by atoms with van der Waals surface area (Å²) in [6.07, 6.45) is 8.23. The molecule has 0 aliphatic rings. The first-order chi connectivity index (χ1) is 14.2. The van der Waals surface area contributed by atoms with E-state index in [0.29, 0.717) is 12.2 Å². The van der Waals surface area contributed by atoms with Gasteiger partial charge in [0.2, 0.25) is 0 Å². The summed E-state index contributed by atoms with van der Waals surface area (Å²) in [7, 11) is 0. The predicted octanol–water partition coefficient (Wildman–Crippen LogP) is 6.82. The lowest BCUT2D eigenvalue weighted by atomic mass is 9.91. The summed E-state index contributed by atoms with van der Waals surface area (Å²) in [5.41, 5.74) is 3.15. The van der Waals surface area contributed by atoms with Gasteiger partial charge >= 0.3 is 5.97 Å². The molecule has 2 aromatic rings. The molecule has 4 heteroatoms. The van der Waals surface area contributed by atoms with Crippen LogP contribution in [-0.2, 0) is 9.78 Å². The van der Waals surface area contributed by atoms with Crippen LogP contribution in [0.2, 0.25) is 0 Å². The number of rotatable bonds is 12. The van der Waals surface area contributed by atoms with Crippen LogP contribution in [0.15, 0.2) is 48.5 Å². The maximum atomic E-state index is 12.3. The number of carbonyl (C=O) groups excluding carboxylic acids is 1. The fourth-order valence-electron chi connectivity index (χ4n) is 3.26. The first kappa shape index (κ1) is 22.6. The van der Waals surface area contributed by atoms with Crippen LogP contribution < -0.4 is 0 Å². The lowest BCUT2D eigenvalue weighted by Gasteiger charge is -2.13. The number of hydrogen-bond donors (Lipinski definition) is 0. The largest absolute Gasteiger partial charge is 0.373 e. The second-order valence-electron chi connectivity index (χ2n) is 7.33. The van der Waals surface area contributed by atoms with Gasteiger partial charge in [0.05, 0.1) is 24.2 Å². The van der Waals surface area contributed by atoms with Crippen LogP contribution in [0, 0.1) is 11.3 Å². The molecule has 2 rings (SSSR count). The quantitative estimate of drug-likeness (QED) is 0.225. The summed E-state index contributed by atoms with van der Waals surface area (Å²) >= 11 is 0. The fraction of sp³-hybridized carbons (Fsp3) is 0.440. The molecule has 0 saturated carbocycles. The smallest absolute Gasteiger partial charge is 0.293 e. The number of nitrogens with zero attached hydrogens (tertiary/aromatic N) is 1. The van der Waals surface area contributed by atoms with Gasteiger partial charge in [0.25, 0.3) is 0 Å². The van der Waals surface area contributed by atoms with E-state index in [2.05, 4.69) is 13.0 Å². The highest BCUT2D eigenvalue weighted by molar-refractivity contribution is 5.90. The van der Waals surface area contributed by atoms with Crippen LogP contribution in [0.5, 0.6) is 0 Å². The molecule has 0 bridgehead atoms. The van der Waals surface area contributed by atoms with Gasteiger partial charge in [0, 0.05) is 0 Å². The molecule has 0 unspecified atom stereocenters. The second kappa shape index (κ2) is 12.7. The molecule has 154 valence electrons. The predicted molar refractivity (Wildman–Crippen MR) is 115 cm³/mol. The Morgan fingerprint density at radius 2 is 1.69 bits per heavy atom. The van der Waals surface area contributed by atoms with Gasteiger partial charge in [-0.3, -0.25) is 4.89 Å². The van der Waals surface area contributed by atoms with Crippen molar-refractivity contribution in [3.63, 3.8) is 0 Å². The average Bonchev–Trinajstić information content (AvgIpc) is 2.77. The van der Waals surface area contributed by atoms with Crippen molar-refractivity contribution in [1.29, 1.82) is 5.26 Å². The summed E-state index contributed by atoms with van der Waals surface area (Å²) in [6.45, 7) is 4.44. The van der Waals surface area contributed by atoms with Gasteiger partial charge in [0.15, 0.2) is 0 Å². The maximum Gasteiger partial charge on any atom is 0.373 e. The highest BCUT2D eigenvalue weighted by Gasteiger charge is 2.16. The van der Waals surface area contributed by atoms with Gasteiger partial charge in [-0.15, -0.1) is 0 Å². The Morgan fingerprint density at radius 3 is 2.38 bits per heavy atom. The Kier molecular flexibility index (Phi) is 9.95. The van der Waals surface area contributed by atoms with Gasteiger partial charge in [-0.1, -0.05) is 81.8 Å². The third kappa shape index (κ3) is 7.36. The Bertz CT molecular complexity index is 795. The molecule has 0 aliphatic carbocycles. The van der Waals surface area contributed by atoms with Crippen molar-refractivity contribution in [3.8, 4) is 17.2 Å². The standard InChI is InChI=1S/C25H31NO3/c1-3-4-5-6-7-8-12-17-28-29-25(27)22-15-16-23(21-13-10-9-11-14-21)24(18-22)20(2)19-26/h9-11,13-16,18,20H,3-8,12,17H2,1-2H3/t20-/m1/s1. The van der Waals surface area contributed by atoms with E-state index in [-0.39, 0.29) is 5.92 Å². The monoisotopic (exact) mass is 393 g/mol. The van der Waals surface area contributed by atoms with Gasteiger partial charge in [-0.25, -0.2) is 4.79 Å². The molecule has 0 aliphatic heterocycles. The summed E-state index contributed by atoms with van der Waals surface area (Å²) in [5.74, 6) is -0.870. The normalized spacial score (nSPS) is 11.6. The molecular weight excluding hydrogens is 362 g/mol. The van der Waals surface area contributed by atoms with Crippen molar-refractivity contribution in [2.24, 2.45) is 0 Å². The Morgan fingerprint density at radius 1 is 1.00 bits per heavy atom. The Labute approximate surface area is 174 Å². The lowest BCUT2D eigenvalue weighted by Crippen LogP contribution is -2.08. The van der Waals surface area contributed by atoms with Gasteiger partial charge in [-0.05, 0) is 42.2 Å². The molecule has 29 heavy (non-hydrogen) atoms. The van der Waals surface area contributed by atoms with Crippen LogP contribution in [0.3, 0.4) is 0 Å². The zero-order valence-electron chi connectivity index (χ0n) is 17.5. The van der Waals surface area contributed by atoms with Crippen LogP contribution >= 0.6 is 0 Å². The van der Waals surface area contributed by atoms with E-state index in [9.17, 15) is 10.1 Å². The summed E-state index contributed by atoms with van der Waals surface area (Å²) < 4.78 is 0. The van der Waals surface area contributed by atoms with Crippen LogP contribution in [-0.4, -0.2) is 12.6 Å². The summed E-state index contributed by atoms with van der Waals surface area (Å²) in [5, 5.41) is 9.39. The third-order valence-corrected chi connectivity index (χ3v) is 5.00. The van der Waals surface area contributed by atoms with Crippen molar-refractivity contribution in [2.45, 2.75) is 64.7 Å². The highest BCUT2D eigenvalue weighted by Crippen LogP contribution is 2.30. The van der Waals surface area contributed by atoms with Crippen LogP contribution in [0.25, 0.3) is 11.1 Å². The molecule has 1 atom stereocenters. The molecule has 4 nitrogen and oxygen atoms in total. The first-order valence-corrected chi connectivity index (χ1v) is 10.6. The van der Waals surface area contributed by atoms with Crippen LogP contribution in [0.1, 0.15) is 80.6 Å². The number of hydrogen-bond acceptors (Lipinski definition) is 4. The molecule has 0 spiro atoms. The Balaban J connectivity index is 1.90.